The fourth-order valence-electron chi connectivity index (χ4n) is 3.29. The Labute approximate surface area is 126 Å². The van der Waals surface area contributed by atoms with Gasteiger partial charge in [0.15, 0.2) is 0 Å². The maximum Gasteiger partial charge on any atom is 0.0924 e. The van der Waals surface area contributed by atoms with Gasteiger partial charge in [-0.2, -0.15) is 0 Å². The Kier molecular flexibility index (Phi) is 4.09. The standard InChI is InChI=1S/C18H23N3/c1-13-7-14(2)9-15(8-13)10-20-17-5-3-16(4-6-17)18-11-19-12-21-18/h3-7,11-13,15,20H,8-10H2,1-2H3,(H,19,21). The molecule has 3 rings (SSSR count). The van der Waals surface area contributed by atoms with Crippen LogP contribution in [0.2, 0.25) is 0 Å². The van der Waals surface area contributed by atoms with E-state index in [1.807, 2.05) is 6.20 Å². The van der Waals surface area contributed by atoms with Gasteiger partial charge in [0.05, 0.1) is 18.2 Å². The number of allylic oxidation sites excluding steroid dienone is 2. The van der Waals surface area contributed by atoms with Crippen LogP contribution in [0.15, 0.2) is 48.4 Å². The van der Waals surface area contributed by atoms with E-state index in [-0.39, 0.29) is 0 Å². The van der Waals surface area contributed by atoms with Crippen molar-refractivity contribution in [1.82, 2.24) is 9.97 Å². The van der Waals surface area contributed by atoms with Crippen LogP contribution in [0.25, 0.3) is 11.3 Å². The second-order valence-electron chi connectivity index (χ2n) is 6.22. The van der Waals surface area contributed by atoms with Crippen molar-refractivity contribution in [2.24, 2.45) is 11.8 Å². The average Bonchev–Trinajstić information content (AvgIpc) is 2.99. The zero-order valence-electron chi connectivity index (χ0n) is 12.8. The van der Waals surface area contributed by atoms with E-state index >= 15 is 0 Å². The van der Waals surface area contributed by atoms with Crippen LogP contribution >= 0.6 is 0 Å². The van der Waals surface area contributed by atoms with Gasteiger partial charge < -0.3 is 10.3 Å². The first kappa shape index (κ1) is 13.9. The zero-order valence-corrected chi connectivity index (χ0v) is 12.8. The molecule has 1 aliphatic carbocycles. The smallest absolute Gasteiger partial charge is 0.0924 e. The van der Waals surface area contributed by atoms with Crippen molar-refractivity contribution in [1.29, 1.82) is 0 Å². The van der Waals surface area contributed by atoms with Gasteiger partial charge in [-0.25, -0.2) is 4.98 Å². The van der Waals surface area contributed by atoms with Crippen LogP contribution in [-0.4, -0.2) is 16.5 Å². The molecular formula is C18H23N3. The summed E-state index contributed by atoms with van der Waals surface area (Å²) in [5, 5.41) is 3.57. The lowest BCUT2D eigenvalue weighted by atomic mass is 9.84. The molecular weight excluding hydrogens is 258 g/mol. The molecule has 2 aromatic rings. The van der Waals surface area contributed by atoms with Gasteiger partial charge in [-0.1, -0.05) is 30.7 Å². The predicted octanol–water partition coefficient (Wildman–Crippen LogP) is 4.48. The highest BCUT2D eigenvalue weighted by Crippen LogP contribution is 2.28. The topological polar surface area (TPSA) is 40.7 Å². The Morgan fingerprint density at radius 2 is 2.10 bits per heavy atom. The molecule has 21 heavy (non-hydrogen) atoms. The molecule has 0 saturated heterocycles. The maximum absolute atomic E-state index is 4.06. The van der Waals surface area contributed by atoms with E-state index in [1.165, 1.54) is 29.7 Å². The van der Waals surface area contributed by atoms with Gasteiger partial charge in [0, 0.05) is 12.2 Å². The van der Waals surface area contributed by atoms with Crippen LogP contribution in [-0.2, 0) is 0 Å². The van der Waals surface area contributed by atoms with E-state index in [2.05, 4.69) is 59.5 Å². The Hall–Kier alpha value is -2.03. The molecule has 2 atom stereocenters. The molecule has 0 saturated carbocycles. The molecule has 1 aromatic heterocycles. The summed E-state index contributed by atoms with van der Waals surface area (Å²) in [6.07, 6.45) is 8.48. The first-order chi connectivity index (χ1) is 10.2. The van der Waals surface area contributed by atoms with E-state index in [4.69, 9.17) is 0 Å². The van der Waals surface area contributed by atoms with Gasteiger partial charge in [-0.3, -0.25) is 0 Å². The van der Waals surface area contributed by atoms with Crippen molar-refractivity contribution in [3.05, 3.63) is 48.4 Å². The summed E-state index contributed by atoms with van der Waals surface area (Å²) >= 11 is 0. The molecule has 0 fully saturated rings. The summed E-state index contributed by atoms with van der Waals surface area (Å²) in [7, 11) is 0. The van der Waals surface area contributed by atoms with Crippen molar-refractivity contribution in [3.8, 4) is 11.3 Å². The Bertz CT molecular complexity index is 596. The van der Waals surface area contributed by atoms with Gasteiger partial charge in [-0.05, 0) is 49.3 Å². The monoisotopic (exact) mass is 281 g/mol. The number of hydrogen-bond donors (Lipinski definition) is 2. The molecule has 0 aliphatic heterocycles. The molecule has 0 spiro atoms. The van der Waals surface area contributed by atoms with Crippen LogP contribution in [0.5, 0.6) is 0 Å². The summed E-state index contributed by atoms with van der Waals surface area (Å²) in [6, 6.07) is 8.55. The summed E-state index contributed by atoms with van der Waals surface area (Å²) in [5.74, 6) is 1.46. The van der Waals surface area contributed by atoms with Gasteiger partial charge in [0.25, 0.3) is 0 Å². The van der Waals surface area contributed by atoms with Crippen LogP contribution < -0.4 is 5.32 Å². The second kappa shape index (κ2) is 6.17. The maximum atomic E-state index is 4.06. The van der Waals surface area contributed by atoms with Crippen molar-refractivity contribution in [2.75, 3.05) is 11.9 Å². The van der Waals surface area contributed by atoms with E-state index in [0.717, 1.165) is 18.2 Å². The number of benzene rings is 1. The van der Waals surface area contributed by atoms with Crippen molar-refractivity contribution in [3.63, 3.8) is 0 Å². The SMILES string of the molecule is CC1=CC(C)CC(CNc2ccc(-c3cnc[nH]3)cc2)C1. The molecule has 0 radical (unpaired) electrons. The van der Waals surface area contributed by atoms with Crippen molar-refractivity contribution >= 4 is 5.69 Å². The van der Waals surface area contributed by atoms with Gasteiger partial charge in [0.1, 0.15) is 0 Å². The lowest BCUT2D eigenvalue weighted by Crippen LogP contribution is -2.20. The normalized spacial score (nSPS) is 21.9. The van der Waals surface area contributed by atoms with E-state index < -0.39 is 0 Å². The van der Waals surface area contributed by atoms with E-state index in [9.17, 15) is 0 Å². The van der Waals surface area contributed by atoms with Gasteiger partial charge in [-0.15, -0.1) is 0 Å². The Morgan fingerprint density at radius 1 is 1.29 bits per heavy atom. The number of anilines is 1. The number of hydrogen-bond acceptors (Lipinski definition) is 2. The van der Waals surface area contributed by atoms with Crippen molar-refractivity contribution in [2.45, 2.75) is 26.7 Å². The lowest BCUT2D eigenvalue weighted by molar-refractivity contribution is 0.421. The molecule has 3 nitrogen and oxygen atoms in total. The second-order valence-corrected chi connectivity index (χ2v) is 6.22. The fraction of sp³-hybridized carbons (Fsp3) is 0.389. The number of imidazole rings is 1. The molecule has 3 heteroatoms. The highest BCUT2D eigenvalue weighted by Gasteiger charge is 2.17. The molecule has 1 aromatic carbocycles. The largest absolute Gasteiger partial charge is 0.385 e. The van der Waals surface area contributed by atoms with Gasteiger partial charge >= 0.3 is 0 Å². The van der Waals surface area contributed by atoms with Crippen LogP contribution in [0.4, 0.5) is 5.69 Å². The molecule has 110 valence electrons. The Balaban J connectivity index is 1.58. The third kappa shape index (κ3) is 3.54. The minimum Gasteiger partial charge on any atom is -0.385 e. The lowest BCUT2D eigenvalue weighted by Gasteiger charge is -2.26. The molecule has 2 N–H and O–H groups in total. The highest BCUT2D eigenvalue weighted by atomic mass is 14.9. The number of aromatic nitrogens is 2. The number of nitrogens with zero attached hydrogens (tertiary/aromatic N) is 1. The fourth-order valence-corrected chi connectivity index (χ4v) is 3.29. The first-order valence-corrected chi connectivity index (χ1v) is 7.70. The quantitative estimate of drug-likeness (QED) is 0.811. The number of H-pyrrole nitrogens is 1. The van der Waals surface area contributed by atoms with E-state index in [1.54, 1.807) is 6.33 Å². The number of aromatic amines is 1. The zero-order chi connectivity index (χ0) is 14.7. The summed E-state index contributed by atoms with van der Waals surface area (Å²) in [5.41, 5.74) is 4.96. The molecule has 0 amide bonds. The summed E-state index contributed by atoms with van der Waals surface area (Å²) in [6.45, 7) is 5.62. The van der Waals surface area contributed by atoms with E-state index in [0.29, 0.717) is 5.92 Å². The summed E-state index contributed by atoms with van der Waals surface area (Å²) in [4.78, 5) is 7.18. The molecule has 2 unspecified atom stereocenters. The number of nitrogens with one attached hydrogen (secondary N) is 2. The first-order valence-electron chi connectivity index (χ1n) is 7.70. The average molecular weight is 281 g/mol. The van der Waals surface area contributed by atoms with Crippen LogP contribution in [0.3, 0.4) is 0 Å². The molecule has 0 bridgehead atoms. The predicted molar refractivity (Wildman–Crippen MR) is 88.2 cm³/mol. The van der Waals surface area contributed by atoms with Crippen LogP contribution in [0, 0.1) is 11.8 Å². The van der Waals surface area contributed by atoms with Crippen LogP contribution in [0.1, 0.15) is 26.7 Å². The number of rotatable bonds is 4. The minimum atomic E-state index is 0.716. The third-order valence-electron chi connectivity index (χ3n) is 4.17. The third-order valence-corrected chi connectivity index (χ3v) is 4.17. The van der Waals surface area contributed by atoms with Crippen molar-refractivity contribution < 1.29 is 0 Å². The molecule has 1 aliphatic rings. The Morgan fingerprint density at radius 3 is 2.76 bits per heavy atom. The molecule has 1 heterocycles. The summed E-state index contributed by atoms with van der Waals surface area (Å²) < 4.78 is 0. The van der Waals surface area contributed by atoms with Gasteiger partial charge in [0.2, 0.25) is 0 Å². The minimum absolute atomic E-state index is 0.716. The highest BCUT2D eigenvalue weighted by molar-refractivity contribution is 5.61.